The van der Waals surface area contributed by atoms with Crippen LogP contribution in [0.1, 0.15) is 17.3 Å². The average Bonchev–Trinajstić information content (AvgIpc) is 2.59. The highest BCUT2D eigenvalue weighted by Crippen LogP contribution is 2.26. The topological polar surface area (TPSA) is 89.5 Å². The van der Waals surface area contributed by atoms with Gasteiger partial charge in [-0.2, -0.15) is 0 Å². The van der Waals surface area contributed by atoms with Crippen LogP contribution in [0.5, 0.6) is 5.75 Å². The second kappa shape index (κ2) is 8.65. The van der Waals surface area contributed by atoms with E-state index in [9.17, 15) is 31.2 Å². The predicted octanol–water partition coefficient (Wildman–Crippen LogP) is 3.85. The van der Waals surface area contributed by atoms with E-state index in [0.29, 0.717) is 0 Å². The highest BCUT2D eigenvalue weighted by Gasteiger charge is 2.31. The number of halogens is 3. The van der Waals surface area contributed by atoms with E-state index >= 15 is 0 Å². The maximum Gasteiger partial charge on any atom is 0.573 e. The van der Waals surface area contributed by atoms with Gasteiger partial charge in [0.1, 0.15) is 5.75 Å². The minimum absolute atomic E-state index is 0.00716. The maximum absolute atomic E-state index is 12.5. The Hall–Kier alpha value is -2.53. The average molecular weight is 433 g/mol. The molecule has 2 rings (SSSR count). The number of carbonyl (C=O) groups excluding carboxylic acids is 2. The number of hydrogen-bond donors (Lipinski definition) is 1. The van der Waals surface area contributed by atoms with E-state index in [4.69, 9.17) is 0 Å². The van der Waals surface area contributed by atoms with Crippen LogP contribution in [0.2, 0.25) is 0 Å². The fourth-order valence-electron chi connectivity index (χ4n) is 2.08. The number of sulfonamides is 1. The molecule has 0 amide bonds. The summed E-state index contributed by atoms with van der Waals surface area (Å²) in [5.41, 5.74) is 0.0594. The van der Waals surface area contributed by atoms with Crippen LogP contribution >= 0.6 is 11.8 Å². The highest BCUT2D eigenvalue weighted by molar-refractivity contribution is 8.14. The molecule has 0 aliphatic carbocycles. The summed E-state index contributed by atoms with van der Waals surface area (Å²) < 4.78 is 67.5. The van der Waals surface area contributed by atoms with Crippen LogP contribution in [0.3, 0.4) is 0 Å². The van der Waals surface area contributed by atoms with Crippen molar-refractivity contribution in [2.24, 2.45) is 0 Å². The Morgan fingerprint density at radius 3 is 2.25 bits per heavy atom. The number of rotatable bonds is 7. The normalized spacial score (nSPS) is 11.7. The Morgan fingerprint density at radius 2 is 1.68 bits per heavy atom. The number of benzene rings is 2. The molecule has 0 atom stereocenters. The van der Waals surface area contributed by atoms with E-state index in [1.165, 1.54) is 31.2 Å². The Morgan fingerprint density at radius 1 is 1.07 bits per heavy atom. The molecule has 2 aromatic carbocycles. The standard InChI is InChI=1S/C17H14F3NO5S2/c1-11(22)27-10-16(23)14-4-2-3-5-15(14)21-28(24,25)13-8-6-12(7-9-13)26-17(18,19)20/h2-9,21H,10H2,1H3. The third-order valence-corrected chi connectivity index (χ3v) is 5.44. The minimum atomic E-state index is -4.89. The van der Waals surface area contributed by atoms with Crippen molar-refractivity contribution in [3.05, 3.63) is 54.1 Å². The first kappa shape index (κ1) is 21.8. The summed E-state index contributed by atoms with van der Waals surface area (Å²) in [5.74, 6) is -1.17. The van der Waals surface area contributed by atoms with Crippen LogP contribution in [0.25, 0.3) is 0 Å². The lowest BCUT2D eigenvalue weighted by atomic mass is 10.1. The van der Waals surface area contributed by atoms with Gasteiger partial charge in [0.05, 0.1) is 16.3 Å². The van der Waals surface area contributed by atoms with Gasteiger partial charge in [0.2, 0.25) is 0 Å². The van der Waals surface area contributed by atoms with Crippen molar-refractivity contribution in [3.8, 4) is 5.75 Å². The van der Waals surface area contributed by atoms with E-state index in [1.54, 1.807) is 0 Å². The third kappa shape index (κ3) is 6.27. The van der Waals surface area contributed by atoms with Gasteiger partial charge in [-0.05, 0) is 36.4 Å². The van der Waals surface area contributed by atoms with Crippen molar-refractivity contribution in [2.75, 3.05) is 10.5 Å². The molecule has 0 bridgehead atoms. The van der Waals surface area contributed by atoms with Crippen molar-refractivity contribution in [1.29, 1.82) is 0 Å². The first-order chi connectivity index (χ1) is 13.0. The molecule has 0 radical (unpaired) electrons. The number of hydrogen-bond acceptors (Lipinski definition) is 6. The van der Waals surface area contributed by atoms with Crippen molar-refractivity contribution in [2.45, 2.75) is 18.2 Å². The van der Waals surface area contributed by atoms with E-state index in [1.807, 2.05) is 0 Å². The largest absolute Gasteiger partial charge is 0.573 e. The summed E-state index contributed by atoms with van der Waals surface area (Å²) in [6.45, 7) is 1.30. The van der Waals surface area contributed by atoms with Gasteiger partial charge < -0.3 is 4.74 Å². The quantitative estimate of drug-likeness (QED) is 0.668. The molecule has 0 heterocycles. The van der Waals surface area contributed by atoms with E-state index in [0.717, 1.165) is 36.0 Å². The molecule has 0 unspecified atom stereocenters. The highest BCUT2D eigenvalue weighted by atomic mass is 32.2. The molecule has 0 spiro atoms. The zero-order valence-corrected chi connectivity index (χ0v) is 16.0. The number of Topliss-reactive ketones (excluding diaryl/α,β-unsaturated/α-hetero) is 1. The molecule has 1 N–H and O–H groups in total. The smallest absolute Gasteiger partial charge is 0.406 e. The molecule has 2 aromatic rings. The Labute approximate surface area is 163 Å². The van der Waals surface area contributed by atoms with Gasteiger partial charge >= 0.3 is 6.36 Å². The molecule has 0 saturated heterocycles. The summed E-state index contributed by atoms with van der Waals surface area (Å²) in [5, 5.41) is -0.257. The van der Waals surface area contributed by atoms with Gasteiger partial charge in [0.15, 0.2) is 10.9 Å². The first-order valence-electron chi connectivity index (χ1n) is 7.62. The third-order valence-electron chi connectivity index (χ3n) is 3.25. The zero-order chi connectivity index (χ0) is 20.9. The number of ketones is 1. The van der Waals surface area contributed by atoms with Crippen LogP contribution < -0.4 is 9.46 Å². The number of thioether (sulfide) groups is 1. The molecule has 0 aromatic heterocycles. The Bertz CT molecular complexity index is 973. The van der Waals surface area contributed by atoms with Gasteiger partial charge in [0.25, 0.3) is 10.0 Å². The number of nitrogens with one attached hydrogen (secondary N) is 1. The van der Waals surface area contributed by atoms with Gasteiger partial charge in [-0.25, -0.2) is 8.42 Å². The van der Waals surface area contributed by atoms with Crippen LogP contribution in [0, 0.1) is 0 Å². The van der Waals surface area contributed by atoms with Crippen molar-refractivity contribution in [3.63, 3.8) is 0 Å². The molecule has 150 valence electrons. The zero-order valence-electron chi connectivity index (χ0n) is 14.3. The first-order valence-corrected chi connectivity index (χ1v) is 10.1. The number of alkyl halides is 3. The number of para-hydroxylation sites is 1. The maximum atomic E-state index is 12.5. The minimum Gasteiger partial charge on any atom is -0.406 e. The van der Waals surface area contributed by atoms with E-state index in [2.05, 4.69) is 9.46 Å². The van der Waals surface area contributed by atoms with Crippen LogP contribution in [0.15, 0.2) is 53.4 Å². The molecule has 0 aliphatic heterocycles. The number of ether oxygens (including phenoxy) is 1. The van der Waals surface area contributed by atoms with E-state index in [-0.39, 0.29) is 27.0 Å². The number of anilines is 1. The summed E-state index contributed by atoms with van der Waals surface area (Å²) >= 11 is 0.792. The second-order valence-corrected chi connectivity index (χ2v) is 8.21. The Balaban J connectivity index is 2.23. The SMILES string of the molecule is CC(=O)SCC(=O)c1ccccc1NS(=O)(=O)c1ccc(OC(F)(F)F)cc1. The van der Waals surface area contributed by atoms with Crippen molar-refractivity contribution in [1.82, 2.24) is 0 Å². The van der Waals surface area contributed by atoms with Crippen molar-refractivity contribution < 1.29 is 35.9 Å². The molecular formula is C17H14F3NO5S2. The van der Waals surface area contributed by atoms with Crippen LogP contribution in [-0.2, 0) is 14.8 Å². The Kier molecular flexibility index (Phi) is 6.73. The van der Waals surface area contributed by atoms with Gasteiger partial charge in [-0.3, -0.25) is 14.3 Å². The van der Waals surface area contributed by atoms with Gasteiger partial charge in [-0.1, -0.05) is 23.9 Å². The summed E-state index contributed by atoms with van der Waals surface area (Å²) in [6.07, 6.45) is -4.89. The molecule has 28 heavy (non-hydrogen) atoms. The van der Waals surface area contributed by atoms with Gasteiger partial charge in [-0.15, -0.1) is 13.2 Å². The molecule has 0 saturated carbocycles. The van der Waals surface area contributed by atoms with Crippen LogP contribution in [-0.4, -0.2) is 31.4 Å². The molecular weight excluding hydrogens is 419 g/mol. The summed E-state index contributed by atoms with van der Waals surface area (Å²) in [7, 11) is -4.17. The van der Waals surface area contributed by atoms with Crippen LogP contribution in [0.4, 0.5) is 18.9 Å². The fraction of sp³-hybridized carbons (Fsp3) is 0.176. The lowest BCUT2D eigenvalue weighted by molar-refractivity contribution is -0.274. The fourth-order valence-corrected chi connectivity index (χ4v) is 3.65. The predicted molar refractivity (Wildman–Crippen MR) is 97.8 cm³/mol. The number of carbonyl (C=O) groups is 2. The summed E-state index contributed by atoms with van der Waals surface area (Å²) in [4.78, 5) is 22.9. The lowest BCUT2D eigenvalue weighted by Crippen LogP contribution is -2.18. The monoisotopic (exact) mass is 433 g/mol. The molecule has 0 fully saturated rings. The molecule has 11 heteroatoms. The summed E-state index contributed by atoms with van der Waals surface area (Å²) in [6, 6.07) is 9.43. The van der Waals surface area contributed by atoms with Gasteiger partial charge in [0, 0.05) is 12.5 Å². The van der Waals surface area contributed by atoms with Crippen molar-refractivity contribution >= 4 is 38.4 Å². The lowest BCUT2D eigenvalue weighted by Gasteiger charge is -2.13. The van der Waals surface area contributed by atoms with E-state index < -0.39 is 27.9 Å². The second-order valence-electron chi connectivity index (χ2n) is 5.37. The molecule has 6 nitrogen and oxygen atoms in total. The molecule has 0 aliphatic rings.